The summed E-state index contributed by atoms with van der Waals surface area (Å²) in [4.78, 5) is 4.79. The molecule has 0 amide bonds. The first-order chi connectivity index (χ1) is 28.3. The summed E-state index contributed by atoms with van der Waals surface area (Å²) in [6.45, 7) is 24.1. The molecule has 0 spiro atoms. The van der Waals surface area contributed by atoms with E-state index in [1.54, 1.807) is 0 Å². The Kier molecular flexibility index (Phi) is 24.5. The molecule has 3 N–H and O–H groups in total. The molecule has 0 unspecified atom stereocenters. The zero-order valence-electron chi connectivity index (χ0n) is 36.3. The molecule has 3 aromatic carbocycles. The van der Waals surface area contributed by atoms with Crippen molar-refractivity contribution in [1.82, 2.24) is 10.2 Å². The third-order valence-corrected chi connectivity index (χ3v) is 10.1. The maximum absolute atomic E-state index is 6.97. The van der Waals surface area contributed by atoms with Crippen LogP contribution < -0.4 is 25.4 Å². The van der Waals surface area contributed by atoms with E-state index in [4.69, 9.17) is 36.3 Å². The molecular formula is C49H73ClN4O4. The standard InChI is InChI=1S/C42H66N4O4.C7H7Cl/c1-6-10-21-44-22-30-48-38-32-39(42(43)41(33-38)50-31-26-45-23-12-13-24-45)46(25-11-7-2)34-37(15-14-28-47-27-8-3)40(9-4)49-29-20-36-18-16-35(5)17-19-36;1-6-2-4-7(8)5-3-6/h9,14-19,32-33,44H,4,6-8,10-13,20-31,34,43H2,1-3,5H3;2-5H,1H3/b15-14-,40-37-;. The number of nitrogens with one attached hydrogen (secondary N) is 1. The molecule has 1 aliphatic rings. The van der Waals surface area contributed by atoms with E-state index in [9.17, 15) is 0 Å². The fourth-order valence-electron chi connectivity index (χ4n) is 6.40. The molecule has 1 saturated heterocycles. The molecule has 1 fully saturated rings. The maximum Gasteiger partial charge on any atom is 0.148 e. The molecule has 0 saturated carbocycles. The minimum Gasteiger partial charge on any atom is -0.493 e. The lowest BCUT2D eigenvalue weighted by Gasteiger charge is -2.29. The first kappa shape index (κ1) is 48.4. The quantitative estimate of drug-likeness (QED) is 0.0341. The molecule has 0 radical (unpaired) electrons. The summed E-state index contributed by atoms with van der Waals surface area (Å²) in [5.74, 6) is 2.19. The minimum atomic E-state index is 0.535. The van der Waals surface area contributed by atoms with Crippen molar-refractivity contribution in [2.24, 2.45) is 0 Å². The largest absolute Gasteiger partial charge is 0.493 e. The van der Waals surface area contributed by atoms with Crippen molar-refractivity contribution in [2.45, 2.75) is 86.0 Å². The predicted molar refractivity (Wildman–Crippen MR) is 247 cm³/mol. The second-order valence-corrected chi connectivity index (χ2v) is 15.4. The Morgan fingerprint density at radius 3 is 2.22 bits per heavy atom. The Balaban J connectivity index is 0.000000999. The van der Waals surface area contributed by atoms with Gasteiger partial charge in [0, 0.05) is 61.9 Å². The Labute approximate surface area is 356 Å². The zero-order valence-corrected chi connectivity index (χ0v) is 37.1. The summed E-state index contributed by atoms with van der Waals surface area (Å²) in [6.07, 6.45) is 14.7. The van der Waals surface area contributed by atoms with Crippen molar-refractivity contribution in [2.75, 3.05) is 89.5 Å². The molecule has 0 aliphatic carbocycles. The number of hydrogen-bond donors (Lipinski definition) is 2. The number of rotatable bonds is 27. The average Bonchev–Trinajstić information content (AvgIpc) is 3.75. The maximum atomic E-state index is 6.97. The van der Waals surface area contributed by atoms with Crippen LogP contribution in [0, 0.1) is 13.8 Å². The zero-order chi connectivity index (χ0) is 41.8. The monoisotopic (exact) mass is 817 g/mol. The molecular weight excluding hydrogens is 744 g/mol. The van der Waals surface area contributed by atoms with Crippen molar-refractivity contribution in [3.05, 3.63) is 119 Å². The van der Waals surface area contributed by atoms with E-state index >= 15 is 0 Å². The van der Waals surface area contributed by atoms with Gasteiger partial charge in [-0.25, -0.2) is 0 Å². The second kappa shape index (κ2) is 29.3. The first-order valence-corrected chi connectivity index (χ1v) is 22.0. The molecule has 3 aromatic rings. The number of unbranched alkanes of at least 4 members (excludes halogenated alkanes) is 2. The Bertz CT molecular complexity index is 1600. The first-order valence-electron chi connectivity index (χ1n) is 21.6. The van der Waals surface area contributed by atoms with Crippen molar-refractivity contribution in [3.8, 4) is 11.5 Å². The van der Waals surface area contributed by atoms with Gasteiger partial charge in [0.05, 0.1) is 24.6 Å². The number of nitrogens with two attached hydrogens (primary N) is 1. The second-order valence-electron chi connectivity index (χ2n) is 14.9. The van der Waals surface area contributed by atoms with Gasteiger partial charge in [-0.3, -0.25) is 4.90 Å². The van der Waals surface area contributed by atoms with Gasteiger partial charge in [0.2, 0.25) is 0 Å². The number of allylic oxidation sites excluding steroid dienone is 1. The fraction of sp³-hybridized carbons (Fsp3) is 0.510. The number of ether oxygens (including phenoxy) is 4. The van der Waals surface area contributed by atoms with Gasteiger partial charge < -0.3 is 34.9 Å². The van der Waals surface area contributed by atoms with Gasteiger partial charge in [-0.15, -0.1) is 0 Å². The number of nitrogen functional groups attached to an aromatic ring is 1. The highest BCUT2D eigenvalue weighted by atomic mass is 35.5. The van der Waals surface area contributed by atoms with Crippen LogP contribution in [0.3, 0.4) is 0 Å². The molecule has 9 heteroatoms. The highest BCUT2D eigenvalue weighted by Crippen LogP contribution is 2.38. The van der Waals surface area contributed by atoms with E-state index in [1.165, 1.54) is 36.0 Å². The normalized spacial score (nSPS) is 13.2. The van der Waals surface area contributed by atoms with E-state index in [0.29, 0.717) is 44.4 Å². The molecule has 320 valence electrons. The minimum absolute atomic E-state index is 0.535. The van der Waals surface area contributed by atoms with E-state index in [-0.39, 0.29) is 0 Å². The lowest BCUT2D eigenvalue weighted by atomic mass is 10.1. The Morgan fingerprint density at radius 1 is 0.862 bits per heavy atom. The van der Waals surface area contributed by atoms with Crippen molar-refractivity contribution in [3.63, 3.8) is 0 Å². The lowest BCUT2D eigenvalue weighted by Crippen LogP contribution is -2.29. The van der Waals surface area contributed by atoms with Crippen molar-refractivity contribution in [1.29, 1.82) is 0 Å². The number of likely N-dealkylation sites (tertiary alicyclic amines) is 1. The predicted octanol–water partition coefficient (Wildman–Crippen LogP) is 10.8. The topological polar surface area (TPSA) is 81.5 Å². The van der Waals surface area contributed by atoms with Crippen molar-refractivity contribution < 1.29 is 18.9 Å². The number of aryl methyl sites for hydroxylation is 2. The molecule has 0 atom stereocenters. The molecule has 1 heterocycles. The number of halogens is 1. The number of anilines is 2. The Hall–Kier alpha value is -3.95. The Morgan fingerprint density at radius 2 is 1.57 bits per heavy atom. The third kappa shape index (κ3) is 19.2. The average molecular weight is 818 g/mol. The highest BCUT2D eigenvalue weighted by Gasteiger charge is 2.20. The third-order valence-electron chi connectivity index (χ3n) is 9.86. The van der Waals surface area contributed by atoms with E-state index in [0.717, 1.165) is 106 Å². The van der Waals surface area contributed by atoms with Gasteiger partial charge >= 0.3 is 0 Å². The summed E-state index contributed by atoms with van der Waals surface area (Å²) < 4.78 is 24.9. The van der Waals surface area contributed by atoms with Crippen LogP contribution >= 0.6 is 11.6 Å². The van der Waals surface area contributed by atoms with Gasteiger partial charge in [0.25, 0.3) is 0 Å². The van der Waals surface area contributed by atoms with Crippen LogP contribution in [0.15, 0.2) is 96.8 Å². The number of nitrogens with zero attached hydrogens (tertiary/aromatic N) is 2. The van der Waals surface area contributed by atoms with E-state index < -0.39 is 0 Å². The number of hydrogen-bond acceptors (Lipinski definition) is 8. The van der Waals surface area contributed by atoms with Gasteiger partial charge in [-0.2, -0.15) is 0 Å². The van der Waals surface area contributed by atoms with Crippen LogP contribution in [0.25, 0.3) is 0 Å². The molecule has 58 heavy (non-hydrogen) atoms. The summed E-state index contributed by atoms with van der Waals surface area (Å²) in [7, 11) is 0. The lowest BCUT2D eigenvalue weighted by molar-refractivity contribution is 0.163. The van der Waals surface area contributed by atoms with Crippen LogP contribution in [0.1, 0.15) is 82.4 Å². The summed E-state index contributed by atoms with van der Waals surface area (Å²) in [5, 5.41) is 4.28. The highest BCUT2D eigenvalue weighted by molar-refractivity contribution is 6.30. The van der Waals surface area contributed by atoms with Crippen molar-refractivity contribution >= 4 is 23.0 Å². The fourth-order valence-corrected chi connectivity index (χ4v) is 6.52. The smallest absolute Gasteiger partial charge is 0.148 e. The van der Waals surface area contributed by atoms with E-state index in [1.807, 2.05) is 43.3 Å². The molecule has 0 aromatic heterocycles. The van der Waals surface area contributed by atoms with Crippen LogP contribution in [-0.2, 0) is 15.9 Å². The summed E-state index contributed by atoms with van der Waals surface area (Å²) >= 11 is 5.61. The molecule has 8 nitrogen and oxygen atoms in total. The SMILES string of the molecule is C=C/C(OCCc1ccc(C)cc1)=C(\C=C/COCCC)CN(CCCC)c1cc(OCCNCCCC)cc(OCCN2CCCC2)c1N.Cc1ccc(Cl)cc1. The van der Waals surface area contributed by atoms with Crippen LogP contribution in [0.5, 0.6) is 11.5 Å². The molecule has 0 bridgehead atoms. The van der Waals surface area contributed by atoms with Crippen LogP contribution in [-0.4, -0.2) is 83.7 Å². The summed E-state index contributed by atoms with van der Waals surface area (Å²) in [5.41, 5.74) is 13.3. The number of benzene rings is 3. The van der Waals surface area contributed by atoms with Crippen LogP contribution in [0.4, 0.5) is 11.4 Å². The summed E-state index contributed by atoms with van der Waals surface area (Å²) in [6, 6.07) is 20.4. The van der Waals surface area contributed by atoms with Crippen LogP contribution in [0.2, 0.25) is 5.02 Å². The van der Waals surface area contributed by atoms with E-state index in [2.05, 4.69) is 91.9 Å². The molecule has 4 rings (SSSR count). The van der Waals surface area contributed by atoms with Gasteiger partial charge in [0.15, 0.2) is 0 Å². The molecule has 1 aliphatic heterocycles. The van der Waals surface area contributed by atoms with Gasteiger partial charge in [-0.1, -0.05) is 111 Å². The van der Waals surface area contributed by atoms with Gasteiger partial charge in [0.1, 0.15) is 30.5 Å². The van der Waals surface area contributed by atoms with Gasteiger partial charge in [-0.05, 0) is 89.4 Å².